The fourth-order valence-electron chi connectivity index (χ4n) is 1.42. The van der Waals surface area contributed by atoms with Crippen LogP contribution in [0.3, 0.4) is 0 Å². The summed E-state index contributed by atoms with van der Waals surface area (Å²) >= 11 is 5.77. The van der Waals surface area contributed by atoms with Gasteiger partial charge < -0.3 is 5.73 Å². The number of halogens is 4. The Kier molecular flexibility index (Phi) is 3.79. The van der Waals surface area contributed by atoms with Crippen LogP contribution in [0.25, 0.3) is 0 Å². The van der Waals surface area contributed by atoms with Crippen molar-refractivity contribution in [2.24, 2.45) is 5.73 Å². The fraction of sp³-hybridized carbons (Fsp3) is 0.500. The van der Waals surface area contributed by atoms with E-state index in [9.17, 15) is 13.2 Å². The number of rotatable bonds is 1. The predicted molar refractivity (Wildman–Crippen MR) is 63.1 cm³/mol. The van der Waals surface area contributed by atoms with Crippen LogP contribution in [0.1, 0.15) is 37.9 Å². The molecule has 0 fully saturated rings. The van der Waals surface area contributed by atoms with Gasteiger partial charge in [0.15, 0.2) is 0 Å². The van der Waals surface area contributed by atoms with Gasteiger partial charge in [0.05, 0.1) is 0 Å². The quantitative estimate of drug-likeness (QED) is 0.809. The maximum Gasteiger partial charge on any atom is 0.407 e. The standard InChI is InChI=1S/C12H15ClF3N/c1-11(2,3)7-4-5-9(13)8(6-7)10(17)12(14,15)16/h4-6,10H,17H2,1-3H3/t10-/m1/s1. The van der Waals surface area contributed by atoms with Gasteiger partial charge in [-0.15, -0.1) is 0 Å². The molecule has 0 aliphatic carbocycles. The van der Waals surface area contributed by atoms with Crippen molar-refractivity contribution < 1.29 is 13.2 Å². The molecule has 0 saturated carbocycles. The molecule has 1 atom stereocenters. The molecule has 0 aromatic heterocycles. The molecule has 0 aliphatic rings. The van der Waals surface area contributed by atoms with E-state index in [1.807, 2.05) is 20.8 Å². The van der Waals surface area contributed by atoms with Crippen molar-refractivity contribution in [3.63, 3.8) is 0 Å². The maximum atomic E-state index is 12.6. The number of hydrogen-bond acceptors (Lipinski definition) is 1. The lowest BCUT2D eigenvalue weighted by atomic mass is 9.85. The molecule has 0 aliphatic heterocycles. The van der Waals surface area contributed by atoms with Crippen LogP contribution in [-0.4, -0.2) is 6.18 Å². The lowest BCUT2D eigenvalue weighted by Crippen LogP contribution is -2.29. The van der Waals surface area contributed by atoms with Gasteiger partial charge in [-0.05, 0) is 22.6 Å². The highest BCUT2D eigenvalue weighted by molar-refractivity contribution is 6.31. The Bertz CT molecular complexity index is 407. The van der Waals surface area contributed by atoms with Gasteiger partial charge in [-0.1, -0.05) is 44.5 Å². The molecule has 0 heterocycles. The molecule has 2 N–H and O–H groups in total. The number of alkyl halides is 3. The van der Waals surface area contributed by atoms with Gasteiger partial charge in [-0.25, -0.2) is 0 Å². The molecule has 0 amide bonds. The van der Waals surface area contributed by atoms with E-state index in [-0.39, 0.29) is 16.0 Å². The summed E-state index contributed by atoms with van der Waals surface area (Å²) in [5, 5.41) is 0.0443. The van der Waals surface area contributed by atoms with Crippen molar-refractivity contribution in [1.82, 2.24) is 0 Å². The van der Waals surface area contributed by atoms with Gasteiger partial charge >= 0.3 is 6.18 Å². The van der Waals surface area contributed by atoms with Gasteiger partial charge in [0.2, 0.25) is 0 Å². The van der Waals surface area contributed by atoms with Crippen molar-refractivity contribution in [3.05, 3.63) is 34.3 Å². The van der Waals surface area contributed by atoms with E-state index in [1.165, 1.54) is 12.1 Å². The lowest BCUT2D eigenvalue weighted by molar-refractivity contribution is -0.149. The Labute approximate surface area is 104 Å². The highest BCUT2D eigenvalue weighted by atomic mass is 35.5. The smallest absolute Gasteiger partial charge is 0.316 e. The topological polar surface area (TPSA) is 26.0 Å². The molecular weight excluding hydrogens is 251 g/mol. The zero-order valence-corrected chi connectivity index (χ0v) is 10.7. The van der Waals surface area contributed by atoms with E-state index in [1.54, 1.807) is 6.07 Å². The third kappa shape index (κ3) is 3.36. The second kappa shape index (κ2) is 4.50. The first-order chi connectivity index (χ1) is 7.53. The van der Waals surface area contributed by atoms with Gasteiger partial charge in [-0.3, -0.25) is 0 Å². The first kappa shape index (κ1) is 14.3. The van der Waals surface area contributed by atoms with E-state index in [4.69, 9.17) is 17.3 Å². The molecule has 0 saturated heterocycles. The summed E-state index contributed by atoms with van der Waals surface area (Å²) < 4.78 is 37.7. The average molecular weight is 266 g/mol. The Morgan fingerprint density at radius 1 is 1.18 bits per heavy atom. The predicted octanol–water partition coefficient (Wildman–Crippen LogP) is 4.20. The van der Waals surface area contributed by atoms with Crippen LogP contribution in [0.15, 0.2) is 18.2 Å². The molecule has 0 radical (unpaired) electrons. The third-order valence-corrected chi connectivity index (χ3v) is 2.89. The Balaban J connectivity index is 3.25. The second-order valence-electron chi connectivity index (χ2n) is 5.01. The zero-order chi connectivity index (χ0) is 13.4. The lowest BCUT2D eigenvalue weighted by Gasteiger charge is -2.23. The molecule has 0 spiro atoms. The highest BCUT2D eigenvalue weighted by Gasteiger charge is 2.39. The summed E-state index contributed by atoms with van der Waals surface area (Å²) in [6.07, 6.45) is -4.49. The average Bonchev–Trinajstić information content (AvgIpc) is 2.14. The van der Waals surface area contributed by atoms with E-state index >= 15 is 0 Å². The Morgan fingerprint density at radius 3 is 2.12 bits per heavy atom. The van der Waals surface area contributed by atoms with Crippen molar-refractivity contribution in [2.75, 3.05) is 0 Å². The normalized spacial score (nSPS) is 14.8. The summed E-state index contributed by atoms with van der Waals surface area (Å²) in [6, 6.07) is 2.57. The van der Waals surface area contributed by atoms with Gasteiger partial charge in [0, 0.05) is 5.02 Å². The molecule has 1 aromatic carbocycles. The largest absolute Gasteiger partial charge is 0.407 e. The molecule has 1 nitrogen and oxygen atoms in total. The summed E-state index contributed by atoms with van der Waals surface area (Å²) in [6.45, 7) is 5.75. The number of benzene rings is 1. The van der Waals surface area contributed by atoms with Crippen molar-refractivity contribution in [2.45, 2.75) is 38.4 Å². The molecule has 1 aromatic rings. The van der Waals surface area contributed by atoms with E-state index in [0.717, 1.165) is 5.56 Å². The van der Waals surface area contributed by atoms with Gasteiger partial charge in [0.25, 0.3) is 0 Å². The maximum absolute atomic E-state index is 12.6. The van der Waals surface area contributed by atoms with Crippen molar-refractivity contribution in [3.8, 4) is 0 Å². The fourth-order valence-corrected chi connectivity index (χ4v) is 1.66. The molecule has 0 unspecified atom stereocenters. The van der Waals surface area contributed by atoms with E-state index in [2.05, 4.69) is 0 Å². The minimum atomic E-state index is -4.49. The van der Waals surface area contributed by atoms with Crippen molar-refractivity contribution >= 4 is 11.6 Å². The van der Waals surface area contributed by atoms with Crippen LogP contribution in [0.4, 0.5) is 13.2 Å². The molecule has 96 valence electrons. The van der Waals surface area contributed by atoms with Crippen LogP contribution in [-0.2, 0) is 5.41 Å². The summed E-state index contributed by atoms with van der Waals surface area (Å²) in [4.78, 5) is 0. The van der Waals surface area contributed by atoms with Gasteiger partial charge in [-0.2, -0.15) is 13.2 Å². The monoisotopic (exact) mass is 265 g/mol. The Hall–Kier alpha value is -0.740. The van der Waals surface area contributed by atoms with Gasteiger partial charge in [0.1, 0.15) is 6.04 Å². The molecular formula is C12H15ClF3N. The number of hydrogen-bond donors (Lipinski definition) is 1. The first-order valence-electron chi connectivity index (χ1n) is 5.15. The highest BCUT2D eigenvalue weighted by Crippen LogP contribution is 2.36. The summed E-state index contributed by atoms with van der Waals surface area (Å²) in [7, 11) is 0. The minimum Gasteiger partial charge on any atom is -0.316 e. The van der Waals surface area contributed by atoms with Crippen LogP contribution in [0.5, 0.6) is 0 Å². The van der Waals surface area contributed by atoms with Crippen LogP contribution < -0.4 is 5.73 Å². The van der Waals surface area contributed by atoms with Crippen LogP contribution >= 0.6 is 11.6 Å². The van der Waals surface area contributed by atoms with Crippen molar-refractivity contribution in [1.29, 1.82) is 0 Å². The molecule has 1 rings (SSSR count). The summed E-state index contributed by atoms with van der Waals surface area (Å²) in [5.41, 5.74) is 5.63. The molecule has 17 heavy (non-hydrogen) atoms. The Morgan fingerprint density at radius 2 is 1.71 bits per heavy atom. The third-order valence-electron chi connectivity index (χ3n) is 2.55. The van der Waals surface area contributed by atoms with E-state index in [0.29, 0.717) is 0 Å². The van der Waals surface area contributed by atoms with Crippen LogP contribution in [0, 0.1) is 0 Å². The second-order valence-corrected chi connectivity index (χ2v) is 5.41. The minimum absolute atomic E-state index is 0.0443. The van der Waals surface area contributed by atoms with Crippen LogP contribution in [0.2, 0.25) is 5.02 Å². The number of nitrogens with two attached hydrogens (primary N) is 1. The molecule has 0 bridgehead atoms. The summed E-state index contributed by atoms with van der Waals surface area (Å²) in [5.74, 6) is 0. The SMILES string of the molecule is CC(C)(C)c1ccc(Cl)c([C@@H](N)C(F)(F)F)c1. The zero-order valence-electron chi connectivity index (χ0n) is 9.90. The molecule has 5 heteroatoms. The first-order valence-corrected chi connectivity index (χ1v) is 5.53. The van der Waals surface area contributed by atoms with E-state index < -0.39 is 12.2 Å².